The maximum atomic E-state index is 3.69. The summed E-state index contributed by atoms with van der Waals surface area (Å²) < 4.78 is 0. The van der Waals surface area contributed by atoms with Gasteiger partial charge in [0.15, 0.2) is 0 Å². The topological polar surface area (TPSA) is 0 Å². The van der Waals surface area contributed by atoms with Crippen LogP contribution in [0.25, 0.3) is 6.08 Å². The van der Waals surface area contributed by atoms with Gasteiger partial charge in [-0.05, 0) is 24.0 Å². The van der Waals surface area contributed by atoms with E-state index in [9.17, 15) is 0 Å². The van der Waals surface area contributed by atoms with E-state index in [2.05, 4.69) is 73.4 Å². The highest BCUT2D eigenvalue weighted by Gasteiger charge is 1.86. The Labute approximate surface area is 142 Å². The molecule has 0 N–H and O–H groups in total. The molecule has 0 saturated heterocycles. The molecule has 0 aliphatic rings. The molecule has 0 radical (unpaired) electrons. The van der Waals surface area contributed by atoms with Gasteiger partial charge in [0.25, 0.3) is 0 Å². The van der Waals surface area contributed by atoms with Crippen LogP contribution in [-0.2, 0) is 0 Å². The highest BCUT2D eigenvalue weighted by atomic mass is 13.9. The van der Waals surface area contributed by atoms with Crippen LogP contribution in [0.15, 0.2) is 44.0 Å². The van der Waals surface area contributed by atoms with Crippen molar-refractivity contribution in [2.24, 2.45) is 5.92 Å². The van der Waals surface area contributed by atoms with Crippen molar-refractivity contribution in [2.75, 3.05) is 0 Å². The standard InChI is InChI=1S/C9H10.C5H12.C4H10.C2H6.C2H4/c1-3-9-7-5-4-6-8(9)2;1-4-5(2)3;1-3-4-2;2*1-2/h3-7H,1H2,2H3;5H,4H2,1-3H3;3-4H2,1-2H3;1-2H3;1-2H2. The second kappa shape index (κ2) is 27.9. The van der Waals surface area contributed by atoms with Gasteiger partial charge in [0.1, 0.15) is 0 Å². The van der Waals surface area contributed by atoms with Crippen molar-refractivity contribution in [1.29, 1.82) is 0 Å². The summed E-state index contributed by atoms with van der Waals surface area (Å²) in [7, 11) is 0. The van der Waals surface area contributed by atoms with E-state index in [1.807, 2.05) is 32.1 Å². The first-order chi connectivity index (χ1) is 10.5. The van der Waals surface area contributed by atoms with Crippen molar-refractivity contribution in [3.05, 3.63) is 55.1 Å². The van der Waals surface area contributed by atoms with Gasteiger partial charge < -0.3 is 0 Å². The molecule has 0 heteroatoms. The third-order valence-corrected chi connectivity index (χ3v) is 2.72. The quantitative estimate of drug-likeness (QED) is 0.492. The van der Waals surface area contributed by atoms with Gasteiger partial charge in [-0.25, -0.2) is 0 Å². The van der Waals surface area contributed by atoms with Gasteiger partial charge in [-0.15, -0.1) is 13.2 Å². The number of aryl methyl sites for hydroxylation is 1. The second-order valence-corrected chi connectivity index (χ2v) is 4.86. The molecule has 0 aliphatic carbocycles. The molecular weight excluding hydrogens is 264 g/mol. The van der Waals surface area contributed by atoms with Gasteiger partial charge >= 0.3 is 0 Å². The molecule has 0 heterocycles. The highest BCUT2D eigenvalue weighted by Crippen LogP contribution is 2.06. The lowest BCUT2D eigenvalue weighted by molar-refractivity contribution is 0.626. The minimum atomic E-state index is 0.884. The normalized spacial score (nSPS) is 7.68. The summed E-state index contributed by atoms with van der Waals surface area (Å²) in [6.07, 6.45) is 5.81. The van der Waals surface area contributed by atoms with E-state index < -0.39 is 0 Å². The summed E-state index contributed by atoms with van der Waals surface area (Å²) in [5, 5.41) is 0. The lowest BCUT2D eigenvalue weighted by atomic mass is 10.1. The zero-order chi connectivity index (χ0) is 18.4. The second-order valence-electron chi connectivity index (χ2n) is 4.86. The van der Waals surface area contributed by atoms with Gasteiger partial charge in [0.2, 0.25) is 0 Å². The number of rotatable bonds is 3. The largest absolute Gasteiger partial charge is 0.106 e. The number of hydrogen-bond donors (Lipinski definition) is 0. The van der Waals surface area contributed by atoms with E-state index in [1.54, 1.807) is 0 Å². The van der Waals surface area contributed by atoms with Crippen molar-refractivity contribution in [3.63, 3.8) is 0 Å². The van der Waals surface area contributed by atoms with Gasteiger partial charge in [-0.3, -0.25) is 0 Å². The summed E-state index contributed by atoms with van der Waals surface area (Å²) in [5.41, 5.74) is 2.50. The lowest BCUT2D eigenvalue weighted by Gasteiger charge is -1.95. The molecule has 0 aliphatic heterocycles. The van der Waals surface area contributed by atoms with Crippen LogP contribution in [0.1, 0.15) is 78.9 Å². The van der Waals surface area contributed by atoms with E-state index in [1.165, 1.54) is 30.4 Å². The Kier molecular flexibility index (Phi) is 36.6. The molecule has 0 unspecified atom stereocenters. The minimum absolute atomic E-state index is 0.884. The molecular formula is C22H42. The van der Waals surface area contributed by atoms with Crippen molar-refractivity contribution in [2.45, 2.75) is 74.7 Å². The zero-order valence-electron chi connectivity index (χ0n) is 16.7. The fourth-order valence-electron chi connectivity index (χ4n) is 0.816. The SMILES string of the molecule is C=C.C=Cc1ccccc1C.CC.CCC(C)C.CCCC. The molecule has 0 atom stereocenters. The first-order valence-electron chi connectivity index (χ1n) is 8.71. The predicted octanol–water partition coefficient (Wildman–Crippen LogP) is 8.33. The maximum absolute atomic E-state index is 3.69. The predicted molar refractivity (Wildman–Crippen MR) is 110 cm³/mol. The van der Waals surface area contributed by atoms with Gasteiger partial charge in [-0.1, -0.05) is 105 Å². The van der Waals surface area contributed by atoms with Crippen molar-refractivity contribution in [3.8, 4) is 0 Å². The summed E-state index contributed by atoms with van der Waals surface area (Å²) in [5.74, 6) is 0.884. The molecule has 0 amide bonds. The van der Waals surface area contributed by atoms with Crippen LogP contribution in [0.2, 0.25) is 0 Å². The first-order valence-corrected chi connectivity index (χ1v) is 8.71. The molecule has 0 spiro atoms. The number of hydrogen-bond acceptors (Lipinski definition) is 0. The zero-order valence-corrected chi connectivity index (χ0v) is 16.7. The van der Waals surface area contributed by atoms with Crippen molar-refractivity contribution >= 4 is 6.08 Å². The van der Waals surface area contributed by atoms with E-state index in [0.717, 1.165) is 5.92 Å². The average molecular weight is 307 g/mol. The number of unbranched alkanes of at least 4 members (excludes halogenated alkanes) is 1. The lowest BCUT2D eigenvalue weighted by Crippen LogP contribution is -1.77. The molecule has 22 heavy (non-hydrogen) atoms. The molecule has 1 rings (SSSR count). The van der Waals surface area contributed by atoms with Crippen LogP contribution in [0.5, 0.6) is 0 Å². The Morgan fingerprint density at radius 2 is 1.32 bits per heavy atom. The molecule has 0 saturated carbocycles. The van der Waals surface area contributed by atoms with Gasteiger partial charge in [0.05, 0.1) is 0 Å². The molecule has 0 bridgehead atoms. The van der Waals surface area contributed by atoms with Gasteiger partial charge in [0, 0.05) is 0 Å². The minimum Gasteiger partial charge on any atom is -0.106 e. The van der Waals surface area contributed by atoms with Crippen LogP contribution in [-0.4, -0.2) is 0 Å². The molecule has 0 nitrogen and oxygen atoms in total. The smallest absolute Gasteiger partial charge is 0.0233 e. The van der Waals surface area contributed by atoms with E-state index >= 15 is 0 Å². The third-order valence-electron chi connectivity index (χ3n) is 2.72. The average Bonchev–Trinajstić information content (AvgIpc) is 2.59. The van der Waals surface area contributed by atoms with E-state index in [0.29, 0.717) is 0 Å². The summed E-state index contributed by atoms with van der Waals surface area (Å²) in [6, 6.07) is 8.19. The monoisotopic (exact) mass is 306 g/mol. The fraction of sp³-hybridized carbons (Fsp3) is 0.545. The van der Waals surface area contributed by atoms with Crippen LogP contribution < -0.4 is 0 Å². The molecule has 1 aromatic rings. The van der Waals surface area contributed by atoms with Crippen molar-refractivity contribution < 1.29 is 0 Å². The molecule has 1 aromatic carbocycles. The molecule has 130 valence electrons. The Morgan fingerprint density at radius 1 is 0.955 bits per heavy atom. The van der Waals surface area contributed by atoms with Crippen LogP contribution >= 0.6 is 0 Å². The first kappa shape index (κ1) is 28.8. The Bertz CT molecular complexity index is 295. The highest BCUT2D eigenvalue weighted by molar-refractivity contribution is 5.50. The van der Waals surface area contributed by atoms with Crippen LogP contribution in [0.3, 0.4) is 0 Å². The maximum Gasteiger partial charge on any atom is -0.0233 e. The summed E-state index contributed by atoms with van der Waals surface area (Å²) in [6.45, 7) is 26.8. The molecule has 0 aromatic heterocycles. The van der Waals surface area contributed by atoms with Crippen LogP contribution in [0, 0.1) is 12.8 Å². The third kappa shape index (κ3) is 27.1. The van der Waals surface area contributed by atoms with Crippen LogP contribution in [0.4, 0.5) is 0 Å². The summed E-state index contributed by atoms with van der Waals surface area (Å²) in [4.78, 5) is 0. The Morgan fingerprint density at radius 3 is 1.50 bits per heavy atom. The molecule has 0 fully saturated rings. The Balaban J connectivity index is -0.000000107. The Hall–Kier alpha value is -1.30. The van der Waals surface area contributed by atoms with Gasteiger partial charge in [-0.2, -0.15) is 0 Å². The fourth-order valence-corrected chi connectivity index (χ4v) is 0.816. The van der Waals surface area contributed by atoms with E-state index in [-0.39, 0.29) is 0 Å². The number of benzene rings is 1. The van der Waals surface area contributed by atoms with E-state index in [4.69, 9.17) is 0 Å². The summed E-state index contributed by atoms with van der Waals surface area (Å²) >= 11 is 0. The van der Waals surface area contributed by atoms with Crippen molar-refractivity contribution in [1.82, 2.24) is 0 Å².